The molecule has 2 aromatic carbocycles. The third-order valence-electron chi connectivity index (χ3n) is 4.26. The van der Waals surface area contributed by atoms with E-state index in [2.05, 4.69) is 36.5 Å². The number of benzene rings is 2. The molecule has 6 nitrogen and oxygen atoms in total. The molecule has 1 unspecified atom stereocenters. The van der Waals surface area contributed by atoms with Gasteiger partial charge in [-0.2, -0.15) is 0 Å². The second-order valence-corrected chi connectivity index (χ2v) is 6.02. The van der Waals surface area contributed by atoms with Crippen LogP contribution in [0.5, 0.6) is 0 Å². The van der Waals surface area contributed by atoms with E-state index in [0.717, 1.165) is 12.0 Å². The Labute approximate surface area is 147 Å². The Morgan fingerprint density at radius 2 is 1.76 bits per heavy atom. The van der Waals surface area contributed by atoms with Crippen LogP contribution in [0.4, 0.5) is 11.4 Å². The van der Waals surface area contributed by atoms with Gasteiger partial charge in [-0.05, 0) is 37.6 Å². The molecule has 0 saturated heterocycles. The molecule has 0 aliphatic heterocycles. The lowest BCUT2D eigenvalue weighted by Gasteiger charge is -2.24. The van der Waals surface area contributed by atoms with E-state index in [-0.39, 0.29) is 17.3 Å². The number of hydrogen-bond donors (Lipinski definition) is 1. The predicted molar refractivity (Wildman–Crippen MR) is 98.5 cm³/mol. The molecule has 2 rings (SSSR count). The van der Waals surface area contributed by atoms with E-state index in [9.17, 15) is 14.9 Å². The Balaban J connectivity index is 2.02. The molecule has 0 fully saturated rings. The second-order valence-electron chi connectivity index (χ2n) is 6.02. The Morgan fingerprint density at radius 3 is 2.36 bits per heavy atom. The largest absolute Gasteiger partial charge is 0.319 e. The molecule has 0 aliphatic carbocycles. The number of hydrogen-bond acceptors (Lipinski definition) is 4. The molecule has 1 N–H and O–H groups in total. The molecule has 0 saturated carbocycles. The van der Waals surface area contributed by atoms with Crippen LogP contribution in [0.1, 0.15) is 25.0 Å². The van der Waals surface area contributed by atoms with Crippen molar-refractivity contribution in [3.05, 3.63) is 69.8 Å². The molecular formula is C19H23N3O3. The molecule has 1 atom stereocenters. The van der Waals surface area contributed by atoms with E-state index in [1.807, 2.05) is 11.9 Å². The molecule has 0 radical (unpaired) electrons. The van der Waals surface area contributed by atoms with E-state index in [4.69, 9.17) is 0 Å². The highest BCUT2D eigenvalue weighted by Crippen LogP contribution is 2.23. The molecular weight excluding hydrogens is 318 g/mol. The van der Waals surface area contributed by atoms with Gasteiger partial charge in [-0.3, -0.25) is 19.8 Å². The summed E-state index contributed by atoms with van der Waals surface area (Å²) in [5.41, 5.74) is 2.49. The maximum absolute atomic E-state index is 12.4. The fourth-order valence-electron chi connectivity index (χ4n) is 2.48. The second kappa shape index (κ2) is 8.39. The van der Waals surface area contributed by atoms with Crippen molar-refractivity contribution in [1.82, 2.24) is 4.90 Å². The standard InChI is InChI=1S/C19H23N3O3/c1-4-15-9-11-16(12-10-15)13-21(3)14(2)19(23)20-17-7-5-6-8-18(17)22(24)25/h5-12,14H,4,13H2,1-3H3,(H,20,23). The lowest BCUT2D eigenvalue weighted by Crippen LogP contribution is -2.39. The van der Waals surface area contributed by atoms with Crippen LogP contribution in [-0.2, 0) is 17.8 Å². The van der Waals surface area contributed by atoms with Gasteiger partial charge in [0.05, 0.1) is 11.0 Å². The fourth-order valence-corrected chi connectivity index (χ4v) is 2.48. The highest BCUT2D eigenvalue weighted by molar-refractivity contribution is 5.96. The molecule has 25 heavy (non-hydrogen) atoms. The van der Waals surface area contributed by atoms with Crippen LogP contribution in [-0.4, -0.2) is 28.8 Å². The number of carbonyl (C=O) groups is 1. The van der Waals surface area contributed by atoms with Gasteiger partial charge in [0.2, 0.25) is 5.91 Å². The Hall–Kier alpha value is -2.73. The van der Waals surface area contributed by atoms with Gasteiger partial charge in [0.15, 0.2) is 0 Å². The van der Waals surface area contributed by atoms with Crippen molar-refractivity contribution in [2.75, 3.05) is 12.4 Å². The normalized spacial score (nSPS) is 12.0. The average Bonchev–Trinajstić information content (AvgIpc) is 2.61. The lowest BCUT2D eigenvalue weighted by molar-refractivity contribution is -0.383. The number of nitrogens with one attached hydrogen (secondary N) is 1. The van der Waals surface area contributed by atoms with E-state index < -0.39 is 11.0 Å². The summed E-state index contributed by atoms with van der Waals surface area (Å²) in [7, 11) is 1.86. The highest BCUT2D eigenvalue weighted by Gasteiger charge is 2.21. The molecule has 1 amide bonds. The Bertz CT molecular complexity index is 744. The lowest BCUT2D eigenvalue weighted by atomic mass is 10.1. The van der Waals surface area contributed by atoms with Crippen molar-refractivity contribution in [1.29, 1.82) is 0 Å². The van der Waals surface area contributed by atoms with Crippen LogP contribution in [0.15, 0.2) is 48.5 Å². The summed E-state index contributed by atoms with van der Waals surface area (Å²) in [5, 5.41) is 13.7. The zero-order valence-electron chi connectivity index (χ0n) is 14.7. The van der Waals surface area contributed by atoms with Gasteiger partial charge in [0.25, 0.3) is 5.69 Å². The third-order valence-corrected chi connectivity index (χ3v) is 4.26. The van der Waals surface area contributed by atoms with Gasteiger partial charge in [0.1, 0.15) is 5.69 Å². The first-order chi connectivity index (χ1) is 11.9. The van der Waals surface area contributed by atoms with E-state index in [1.165, 1.54) is 17.7 Å². The topological polar surface area (TPSA) is 75.5 Å². The van der Waals surface area contributed by atoms with Gasteiger partial charge in [-0.1, -0.05) is 43.3 Å². The number of nitro benzene ring substituents is 1. The van der Waals surface area contributed by atoms with Crippen molar-refractivity contribution in [2.24, 2.45) is 0 Å². The van der Waals surface area contributed by atoms with Crippen molar-refractivity contribution >= 4 is 17.3 Å². The van der Waals surface area contributed by atoms with Gasteiger partial charge in [-0.15, -0.1) is 0 Å². The minimum atomic E-state index is -0.501. The van der Waals surface area contributed by atoms with Crippen LogP contribution in [0.2, 0.25) is 0 Å². The Kier molecular flexibility index (Phi) is 6.25. The van der Waals surface area contributed by atoms with E-state index in [1.54, 1.807) is 19.1 Å². The number of likely N-dealkylation sites (N-methyl/N-ethyl adjacent to an activating group) is 1. The summed E-state index contributed by atoms with van der Waals surface area (Å²) >= 11 is 0. The number of nitro groups is 1. The molecule has 2 aromatic rings. The van der Waals surface area contributed by atoms with Crippen molar-refractivity contribution < 1.29 is 9.72 Å². The van der Waals surface area contributed by atoms with Crippen LogP contribution in [0.3, 0.4) is 0 Å². The number of nitrogens with zero attached hydrogens (tertiary/aromatic N) is 2. The minimum Gasteiger partial charge on any atom is -0.319 e. The number of carbonyl (C=O) groups excluding carboxylic acids is 1. The molecule has 6 heteroatoms. The number of para-hydroxylation sites is 2. The molecule has 0 aromatic heterocycles. The van der Waals surface area contributed by atoms with E-state index >= 15 is 0 Å². The monoisotopic (exact) mass is 341 g/mol. The van der Waals surface area contributed by atoms with Gasteiger partial charge in [-0.25, -0.2) is 0 Å². The van der Waals surface area contributed by atoms with Gasteiger partial charge in [0, 0.05) is 12.6 Å². The number of rotatable bonds is 7. The first-order valence-corrected chi connectivity index (χ1v) is 8.24. The summed E-state index contributed by atoms with van der Waals surface area (Å²) in [6.45, 7) is 4.51. The molecule has 0 spiro atoms. The summed E-state index contributed by atoms with van der Waals surface area (Å²) in [6, 6.07) is 14.0. The van der Waals surface area contributed by atoms with Crippen molar-refractivity contribution in [3.8, 4) is 0 Å². The van der Waals surface area contributed by atoms with Crippen molar-refractivity contribution in [3.63, 3.8) is 0 Å². The number of amides is 1. The summed E-state index contributed by atoms with van der Waals surface area (Å²) in [5.74, 6) is -0.276. The molecule has 132 valence electrons. The van der Waals surface area contributed by atoms with Crippen LogP contribution in [0.25, 0.3) is 0 Å². The van der Waals surface area contributed by atoms with E-state index in [0.29, 0.717) is 6.54 Å². The maximum Gasteiger partial charge on any atom is 0.292 e. The first-order valence-electron chi connectivity index (χ1n) is 8.24. The fraction of sp³-hybridized carbons (Fsp3) is 0.316. The third kappa shape index (κ3) is 4.87. The van der Waals surface area contributed by atoms with Crippen LogP contribution in [0, 0.1) is 10.1 Å². The first kappa shape index (κ1) is 18.6. The summed E-state index contributed by atoms with van der Waals surface area (Å²) < 4.78 is 0. The molecule has 0 heterocycles. The zero-order chi connectivity index (χ0) is 18.4. The predicted octanol–water partition coefficient (Wildman–Crippen LogP) is 3.62. The van der Waals surface area contributed by atoms with Gasteiger partial charge >= 0.3 is 0 Å². The smallest absolute Gasteiger partial charge is 0.292 e. The molecule has 0 aliphatic rings. The van der Waals surface area contributed by atoms with Gasteiger partial charge < -0.3 is 5.32 Å². The quantitative estimate of drug-likeness (QED) is 0.616. The summed E-state index contributed by atoms with van der Waals surface area (Å²) in [4.78, 5) is 24.9. The maximum atomic E-state index is 12.4. The average molecular weight is 341 g/mol. The number of aryl methyl sites for hydroxylation is 1. The number of anilines is 1. The van der Waals surface area contributed by atoms with Crippen LogP contribution >= 0.6 is 0 Å². The Morgan fingerprint density at radius 1 is 1.16 bits per heavy atom. The van der Waals surface area contributed by atoms with Crippen LogP contribution < -0.4 is 5.32 Å². The highest BCUT2D eigenvalue weighted by atomic mass is 16.6. The minimum absolute atomic E-state index is 0.110. The SMILES string of the molecule is CCc1ccc(CN(C)C(C)C(=O)Nc2ccccc2[N+](=O)[O-])cc1. The summed E-state index contributed by atoms with van der Waals surface area (Å²) in [6.07, 6.45) is 0.991. The van der Waals surface area contributed by atoms with Crippen molar-refractivity contribution in [2.45, 2.75) is 32.9 Å². The zero-order valence-corrected chi connectivity index (χ0v) is 14.7. The molecule has 0 bridgehead atoms.